The number of para-hydroxylation sites is 1. The molecule has 0 aliphatic carbocycles. The first-order valence-corrected chi connectivity index (χ1v) is 7.78. The Morgan fingerprint density at radius 2 is 1.85 bits per heavy atom. The largest absolute Gasteiger partial charge is 0.458 e. The van der Waals surface area contributed by atoms with Gasteiger partial charge in [-0.3, -0.25) is 0 Å². The molecular weight excluding hydrogens is 268 g/mol. The van der Waals surface area contributed by atoms with Crippen LogP contribution in [0.25, 0.3) is 11.0 Å². The number of thioether (sulfide) groups is 1. The summed E-state index contributed by atoms with van der Waals surface area (Å²) in [6, 6.07) is 18.0. The van der Waals surface area contributed by atoms with Gasteiger partial charge in [-0.1, -0.05) is 30.3 Å². The van der Waals surface area contributed by atoms with Gasteiger partial charge in [0.2, 0.25) is 0 Å². The Hall–Kier alpha value is -1.71. The van der Waals surface area contributed by atoms with Crippen LogP contribution in [0.2, 0.25) is 0 Å². The van der Waals surface area contributed by atoms with Gasteiger partial charge in [0, 0.05) is 16.7 Å². The Morgan fingerprint density at radius 3 is 2.55 bits per heavy atom. The molecule has 102 valence electrons. The van der Waals surface area contributed by atoms with Gasteiger partial charge in [0.15, 0.2) is 0 Å². The molecule has 1 aromatic heterocycles. The molecule has 0 amide bonds. The van der Waals surface area contributed by atoms with Crippen LogP contribution in [0.5, 0.6) is 0 Å². The normalized spacial score (nSPS) is 12.7. The summed E-state index contributed by atoms with van der Waals surface area (Å²) in [5.41, 5.74) is 1.93. The van der Waals surface area contributed by atoms with E-state index in [0.29, 0.717) is 12.2 Å². The first-order chi connectivity index (χ1) is 9.76. The van der Waals surface area contributed by atoms with Crippen molar-refractivity contribution >= 4 is 22.7 Å². The van der Waals surface area contributed by atoms with Crippen LogP contribution in [-0.2, 0) is 6.42 Å². The van der Waals surface area contributed by atoms with Gasteiger partial charge in [-0.05, 0) is 36.1 Å². The van der Waals surface area contributed by atoms with Crippen molar-refractivity contribution < 1.29 is 9.52 Å². The van der Waals surface area contributed by atoms with Crippen LogP contribution >= 0.6 is 11.8 Å². The summed E-state index contributed by atoms with van der Waals surface area (Å²) < 4.78 is 5.69. The van der Waals surface area contributed by atoms with Crippen LogP contribution in [0.4, 0.5) is 0 Å². The van der Waals surface area contributed by atoms with E-state index in [-0.39, 0.29) is 0 Å². The van der Waals surface area contributed by atoms with Gasteiger partial charge >= 0.3 is 0 Å². The van der Waals surface area contributed by atoms with E-state index in [9.17, 15) is 5.11 Å². The molecule has 1 atom stereocenters. The molecule has 3 heteroatoms. The van der Waals surface area contributed by atoms with Crippen LogP contribution in [0.1, 0.15) is 17.4 Å². The molecule has 0 fully saturated rings. The van der Waals surface area contributed by atoms with E-state index in [1.165, 1.54) is 4.90 Å². The van der Waals surface area contributed by atoms with Gasteiger partial charge in [-0.2, -0.15) is 0 Å². The Bertz CT molecular complexity index is 667. The molecule has 0 saturated heterocycles. The number of rotatable bonds is 4. The zero-order valence-electron chi connectivity index (χ0n) is 11.2. The molecule has 0 radical (unpaired) electrons. The molecule has 1 unspecified atom stereocenters. The Labute approximate surface area is 122 Å². The van der Waals surface area contributed by atoms with E-state index in [1.54, 1.807) is 11.8 Å². The summed E-state index contributed by atoms with van der Waals surface area (Å²) in [7, 11) is 0. The first kappa shape index (κ1) is 13.3. The fourth-order valence-corrected chi connectivity index (χ4v) is 2.66. The van der Waals surface area contributed by atoms with Crippen LogP contribution in [0, 0.1) is 0 Å². The highest BCUT2D eigenvalue weighted by Gasteiger charge is 2.13. The minimum atomic E-state index is -0.609. The highest BCUT2D eigenvalue weighted by molar-refractivity contribution is 7.98. The SMILES string of the molecule is CSc1ccc(CC(O)c2cc3ccccc3o2)cc1. The highest BCUT2D eigenvalue weighted by Crippen LogP contribution is 2.26. The molecule has 3 aromatic rings. The number of furan rings is 1. The first-order valence-electron chi connectivity index (χ1n) is 6.56. The second-order valence-corrected chi connectivity index (χ2v) is 5.63. The van der Waals surface area contributed by atoms with Crippen molar-refractivity contribution in [2.45, 2.75) is 17.4 Å². The summed E-state index contributed by atoms with van der Waals surface area (Å²) in [5.74, 6) is 0.625. The van der Waals surface area contributed by atoms with Crippen molar-refractivity contribution in [3.63, 3.8) is 0 Å². The predicted molar refractivity (Wildman–Crippen MR) is 83.1 cm³/mol. The molecule has 3 rings (SSSR count). The third-order valence-electron chi connectivity index (χ3n) is 3.36. The number of benzene rings is 2. The fourth-order valence-electron chi connectivity index (χ4n) is 2.25. The Balaban J connectivity index is 1.79. The van der Waals surface area contributed by atoms with E-state index in [0.717, 1.165) is 16.5 Å². The molecule has 0 bridgehead atoms. The zero-order valence-corrected chi connectivity index (χ0v) is 12.1. The average Bonchev–Trinajstić information content (AvgIpc) is 2.92. The summed E-state index contributed by atoms with van der Waals surface area (Å²) >= 11 is 1.71. The second-order valence-electron chi connectivity index (χ2n) is 4.75. The molecule has 2 aromatic carbocycles. The van der Waals surface area contributed by atoms with Crippen molar-refractivity contribution in [2.24, 2.45) is 0 Å². The van der Waals surface area contributed by atoms with E-state index >= 15 is 0 Å². The molecule has 1 N–H and O–H groups in total. The van der Waals surface area contributed by atoms with Gasteiger partial charge in [0.25, 0.3) is 0 Å². The molecular formula is C17H16O2S. The Kier molecular flexibility index (Phi) is 3.81. The molecule has 2 nitrogen and oxygen atoms in total. The van der Waals surface area contributed by atoms with Crippen molar-refractivity contribution in [3.05, 3.63) is 65.9 Å². The highest BCUT2D eigenvalue weighted by atomic mass is 32.2. The fraction of sp³-hybridized carbons (Fsp3) is 0.176. The third kappa shape index (κ3) is 2.74. The molecule has 0 aliphatic rings. The summed E-state index contributed by atoms with van der Waals surface area (Å²) in [6.45, 7) is 0. The van der Waals surface area contributed by atoms with Crippen molar-refractivity contribution in [1.82, 2.24) is 0 Å². The minimum Gasteiger partial charge on any atom is -0.458 e. The summed E-state index contributed by atoms with van der Waals surface area (Å²) in [6.07, 6.45) is 2.01. The molecule has 20 heavy (non-hydrogen) atoms. The third-order valence-corrected chi connectivity index (χ3v) is 4.10. The summed E-state index contributed by atoms with van der Waals surface area (Å²) in [5, 5.41) is 11.3. The lowest BCUT2D eigenvalue weighted by Gasteiger charge is -2.08. The van der Waals surface area contributed by atoms with Crippen molar-refractivity contribution in [1.29, 1.82) is 0 Å². The monoisotopic (exact) mass is 284 g/mol. The van der Waals surface area contributed by atoms with Gasteiger partial charge in [-0.15, -0.1) is 11.8 Å². The maximum Gasteiger partial charge on any atom is 0.134 e. The molecule has 0 saturated carbocycles. The lowest BCUT2D eigenvalue weighted by Crippen LogP contribution is -2.00. The zero-order chi connectivity index (χ0) is 13.9. The number of hydrogen-bond acceptors (Lipinski definition) is 3. The number of fused-ring (bicyclic) bond motifs is 1. The second kappa shape index (κ2) is 5.73. The van der Waals surface area contributed by atoms with E-state index in [4.69, 9.17) is 4.42 Å². The van der Waals surface area contributed by atoms with Gasteiger partial charge in [-0.25, -0.2) is 0 Å². The Morgan fingerprint density at radius 1 is 1.10 bits per heavy atom. The maximum absolute atomic E-state index is 10.3. The maximum atomic E-state index is 10.3. The van der Waals surface area contributed by atoms with Crippen LogP contribution in [0.15, 0.2) is 63.9 Å². The predicted octanol–water partition coefficient (Wildman–Crippen LogP) is 4.43. The lowest BCUT2D eigenvalue weighted by molar-refractivity contribution is 0.152. The minimum absolute atomic E-state index is 0.564. The van der Waals surface area contributed by atoms with E-state index in [1.807, 2.05) is 30.3 Å². The standard InChI is InChI=1S/C17H16O2S/c1-20-14-8-6-12(7-9-14)10-15(18)17-11-13-4-2-3-5-16(13)19-17/h2-9,11,15,18H,10H2,1H3. The van der Waals surface area contributed by atoms with Crippen molar-refractivity contribution in [2.75, 3.05) is 6.26 Å². The number of aliphatic hydroxyl groups excluding tert-OH is 1. The van der Waals surface area contributed by atoms with Crippen LogP contribution in [-0.4, -0.2) is 11.4 Å². The average molecular weight is 284 g/mol. The quantitative estimate of drug-likeness (QED) is 0.719. The van der Waals surface area contributed by atoms with Gasteiger partial charge in [0.05, 0.1) is 0 Å². The van der Waals surface area contributed by atoms with Crippen LogP contribution < -0.4 is 0 Å². The van der Waals surface area contributed by atoms with E-state index in [2.05, 4.69) is 30.5 Å². The smallest absolute Gasteiger partial charge is 0.134 e. The molecule has 0 spiro atoms. The molecule has 0 aliphatic heterocycles. The van der Waals surface area contributed by atoms with E-state index < -0.39 is 6.10 Å². The topological polar surface area (TPSA) is 33.4 Å². The lowest BCUT2D eigenvalue weighted by atomic mass is 10.1. The van der Waals surface area contributed by atoms with Gasteiger partial charge < -0.3 is 9.52 Å². The van der Waals surface area contributed by atoms with Gasteiger partial charge in [0.1, 0.15) is 17.4 Å². The van der Waals surface area contributed by atoms with Crippen molar-refractivity contribution in [3.8, 4) is 0 Å². The molecule has 1 heterocycles. The van der Waals surface area contributed by atoms with Crippen LogP contribution in [0.3, 0.4) is 0 Å². The number of aliphatic hydroxyl groups is 1. The number of hydrogen-bond donors (Lipinski definition) is 1. The summed E-state index contributed by atoms with van der Waals surface area (Å²) in [4.78, 5) is 1.23.